The highest BCUT2D eigenvalue weighted by Crippen LogP contribution is 2.27. The lowest BCUT2D eigenvalue weighted by atomic mass is 10.1. The van der Waals surface area contributed by atoms with E-state index < -0.39 is 5.97 Å². The number of hydrogen-bond acceptors (Lipinski definition) is 5. The summed E-state index contributed by atoms with van der Waals surface area (Å²) in [5.74, 6) is -0.811. The normalized spacial score (nSPS) is 14.3. The van der Waals surface area contributed by atoms with Gasteiger partial charge in [0.1, 0.15) is 0 Å². The summed E-state index contributed by atoms with van der Waals surface area (Å²) in [5, 5.41) is 7.98. The van der Waals surface area contributed by atoms with Gasteiger partial charge in [-0.15, -0.1) is 0 Å². The summed E-state index contributed by atoms with van der Waals surface area (Å²) in [5.41, 5.74) is 3.21. The molecule has 3 aromatic rings. The fraction of sp³-hybridized carbons (Fsp3) is 0.364. The number of nitrogens with one attached hydrogen (secondary N) is 1. The van der Waals surface area contributed by atoms with E-state index in [4.69, 9.17) is 4.74 Å². The van der Waals surface area contributed by atoms with Crippen LogP contribution in [-0.4, -0.2) is 39.3 Å². The number of hydrogen-bond donors (Lipinski definition) is 1. The van der Waals surface area contributed by atoms with Gasteiger partial charge < -0.3 is 10.1 Å². The van der Waals surface area contributed by atoms with Crippen LogP contribution in [0.2, 0.25) is 0 Å². The average Bonchev–Trinajstić information content (AvgIpc) is 3.34. The maximum Gasteiger partial charge on any atom is 0.339 e. The molecule has 1 saturated carbocycles. The molecule has 1 N–H and O–H groups in total. The summed E-state index contributed by atoms with van der Waals surface area (Å²) in [4.78, 5) is 29.7. The Kier molecular flexibility index (Phi) is 5.29. The van der Waals surface area contributed by atoms with Crippen LogP contribution in [0.25, 0.3) is 22.3 Å². The number of amides is 1. The first kappa shape index (κ1) is 19.1. The standard InChI is InChI=1S/C22H24N4O3/c1-14-20-17(22(28)29-13-19(27)23-16-10-6-7-11-16)12-18(15-8-4-3-5-9-15)24-21(20)26(2)25-14/h3-5,8-9,12,16H,6-7,10-11,13H2,1-2H3,(H,23,27). The topological polar surface area (TPSA) is 86.1 Å². The van der Waals surface area contributed by atoms with Crippen molar-refractivity contribution in [3.05, 3.63) is 47.7 Å². The largest absolute Gasteiger partial charge is 0.452 e. The molecule has 4 rings (SSSR count). The van der Waals surface area contributed by atoms with Crippen molar-refractivity contribution in [2.24, 2.45) is 7.05 Å². The summed E-state index contributed by atoms with van der Waals surface area (Å²) in [6, 6.07) is 11.5. The van der Waals surface area contributed by atoms with Crippen LogP contribution < -0.4 is 5.32 Å². The Bertz CT molecular complexity index is 1050. The molecule has 150 valence electrons. The molecule has 0 radical (unpaired) electrons. The smallest absolute Gasteiger partial charge is 0.339 e. The van der Waals surface area contributed by atoms with Gasteiger partial charge in [-0.25, -0.2) is 9.78 Å². The van der Waals surface area contributed by atoms with Crippen LogP contribution in [0.1, 0.15) is 41.7 Å². The lowest BCUT2D eigenvalue weighted by molar-refractivity contribution is -0.124. The van der Waals surface area contributed by atoms with E-state index in [1.165, 1.54) is 0 Å². The van der Waals surface area contributed by atoms with Crippen LogP contribution in [-0.2, 0) is 16.6 Å². The van der Waals surface area contributed by atoms with Crippen molar-refractivity contribution >= 4 is 22.9 Å². The lowest BCUT2D eigenvalue weighted by Gasteiger charge is -2.12. The Hall–Kier alpha value is -3.22. The molecule has 1 fully saturated rings. The van der Waals surface area contributed by atoms with Gasteiger partial charge in [-0.1, -0.05) is 43.2 Å². The predicted octanol–water partition coefficient (Wildman–Crippen LogP) is 3.16. The van der Waals surface area contributed by atoms with Crippen molar-refractivity contribution in [3.63, 3.8) is 0 Å². The summed E-state index contributed by atoms with van der Waals surface area (Å²) < 4.78 is 7.00. The van der Waals surface area contributed by atoms with E-state index in [-0.39, 0.29) is 18.6 Å². The molecule has 29 heavy (non-hydrogen) atoms. The molecule has 0 bridgehead atoms. The minimum absolute atomic E-state index is 0.194. The Morgan fingerprint density at radius 1 is 1.21 bits per heavy atom. The van der Waals surface area contributed by atoms with Crippen LogP contribution in [0, 0.1) is 6.92 Å². The first-order chi connectivity index (χ1) is 14.0. The van der Waals surface area contributed by atoms with Crippen molar-refractivity contribution < 1.29 is 14.3 Å². The van der Waals surface area contributed by atoms with Crippen LogP contribution in [0.5, 0.6) is 0 Å². The zero-order chi connectivity index (χ0) is 20.4. The molecule has 2 heterocycles. The van der Waals surface area contributed by atoms with E-state index >= 15 is 0 Å². The van der Waals surface area contributed by atoms with Crippen LogP contribution >= 0.6 is 0 Å². The second-order valence-electron chi connectivity index (χ2n) is 7.45. The van der Waals surface area contributed by atoms with Crippen molar-refractivity contribution in [2.45, 2.75) is 38.6 Å². The third-order valence-electron chi connectivity index (χ3n) is 5.31. The number of aromatic nitrogens is 3. The molecule has 1 amide bonds. The van der Waals surface area contributed by atoms with Gasteiger partial charge in [-0.3, -0.25) is 9.48 Å². The summed E-state index contributed by atoms with van der Waals surface area (Å²) in [7, 11) is 1.79. The number of ether oxygens (including phenoxy) is 1. The third-order valence-corrected chi connectivity index (χ3v) is 5.31. The van der Waals surface area contributed by atoms with Gasteiger partial charge in [0.2, 0.25) is 0 Å². The molecular formula is C22H24N4O3. The maximum absolute atomic E-state index is 12.9. The molecular weight excluding hydrogens is 368 g/mol. The number of nitrogens with zero attached hydrogens (tertiary/aromatic N) is 3. The molecule has 2 aromatic heterocycles. The highest BCUT2D eigenvalue weighted by Gasteiger charge is 2.22. The zero-order valence-corrected chi connectivity index (χ0v) is 16.6. The second-order valence-corrected chi connectivity index (χ2v) is 7.45. The number of benzene rings is 1. The van der Waals surface area contributed by atoms with E-state index in [0.717, 1.165) is 31.2 Å². The van der Waals surface area contributed by atoms with E-state index in [1.54, 1.807) is 17.8 Å². The molecule has 1 aromatic carbocycles. The molecule has 1 aliphatic rings. The van der Waals surface area contributed by atoms with Gasteiger partial charge >= 0.3 is 5.97 Å². The number of fused-ring (bicyclic) bond motifs is 1. The number of carbonyl (C=O) groups excluding carboxylic acids is 2. The number of aryl methyl sites for hydroxylation is 2. The van der Waals surface area contributed by atoms with E-state index in [9.17, 15) is 9.59 Å². The summed E-state index contributed by atoms with van der Waals surface area (Å²) >= 11 is 0. The number of pyridine rings is 1. The summed E-state index contributed by atoms with van der Waals surface area (Å²) in [6.45, 7) is 1.54. The second kappa shape index (κ2) is 8.03. The van der Waals surface area contributed by atoms with Crippen LogP contribution in [0.4, 0.5) is 0 Å². The van der Waals surface area contributed by atoms with Crippen molar-refractivity contribution in [1.82, 2.24) is 20.1 Å². The first-order valence-corrected chi connectivity index (χ1v) is 9.89. The van der Waals surface area contributed by atoms with Crippen LogP contribution in [0.3, 0.4) is 0 Å². The van der Waals surface area contributed by atoms with Gasteiger partial charge in [0.25, 0.3) is 5.91 Å². The highest BCUT2D eigenvalue weighted by molar-refractivity contribution is 6.05. The van der Waals surface area contributed by atoms with Crippen molar-refractivity contribution in [1.29, 1.82) is 0 Å². The summed E-state index contributed by atoms with van der Waals surface area (Å²) in [6.07, 6.45) is 4.23. The Balaban J connectivity index is 1.61. The predicted molar refractivity (Wildman–Crippen MR) is 109 cm³/mol. The third kappa shape index (κ3) is 3.99. The molecule has 0 atom stereocenters. The fourth-order valence-electron chi connectivity index (χ4n) is 3.91. The van der Waals surface area contributed by atoms with Gasteiger partial charge in [-0.05, 0) is 25.8 Å². The van der Waals surface area contributed by atoms with Crippen molar-refractivity contribution in [3.8, 4) is 11.3 Å². The number of esters is 1. The zero-order valence-electron chi connectivity index (χ0n) is 16.6. The van der Waals surface area contributed by atoms with E-state index in [0.29, 0.717) is 28.0 Å². The number of carbonyl (C=O) groups is 2. The minimum Gasteiger partial charge on any atom is -0.452 e. The SMILES string of the molecule is Cc1nn(C)c2nc(-c3ccccc3)cc(C(=O)OCC(=O)NC3CCCC3)c12. The molecule has 7 nitrogen and oxygen atoms in total. The molecule has 7 heteroatoms. The Labute approximate surface area is 169 Å². The molecule has 0 saturated heterocycles. The molecule has 0 aliphatic heterocycles. The van der Waals surface area contributed by atoms with Gasteiger partial charge in [0, 0.05) is 18.7 Å². The van der Waals surface area contributed by atoms with Gasteiger partial charge in [-0.2, -0.15) is 5.10 Å². The Morgan fingerprint density at radius 2 is 1.93 bits per heavy atom. The minimum atomic E-state index is -0.549. The quantitative estimate of drug-likeness (QED) is 0.674. The van der Waals surface area contributed by atoms with E-state index in [2.05, 4.69) is 15.4 Å². The van der Waals surface area contributed by atoms with Gasteiger partial charge in [0.15, 0.2) is 12.3 Å². The maximum atomic E-state index is 12.9. The average molecular weight is 392 g/mol. The monoisotopic (exact) mass is 392 g/mol. The molecule has 0 spiro atoms. The number of rotatable bonds is 5. The molecule has 1 aliphatic carbocycles. The highest BCUT2D eigenvalue weighted by atomic mass is 16.5. The first-order valence-electron chi connectivity index (χ1n) is 9.89. The van der Waals surface area contributed by atoms with E-state index in [1.807, 2.05) is 37.3 Å². The molecule has 0 unspecified atom stereocenters. The fourth-order valence-corrected chi connectivity index (χ4v) is 3.91. The lowest BCUT2D eigenvalue weighted by Crippen LogP contribution is -2.35. The van der Waals surface area contributed by atoms with Gasteiger partial charge in [0.05, 0.1) is 22.3 Å². The van der Waals surface area contributed by atoms with Crippen molar-refractivity contribution in [2.75, 3.05) is 6.61 Å². The Morgan fingerprint density at radius 3 is 2.66 bits per heavy atom. The van der Waals surface area contributed by atoms with Crippen LogP contribution in [0.15, 0.2) is 36.4 Å².